The third-order valence-electron chi connectivity index (χ3n) is 4.05. The number of hydrogen-bond acceptors (Lipinski definition) is 4. The number of nitrogens with zero attached hydrogens (tertiary/aromatic N) is 2. The van der Waals surface area contributed by atoms with Gasteiger partial charge in [-0.3, -0.25) is 9.20 Å². The number of rotatable bonds is 4. The van der Waals surface area contributed by atoms with Crippen LogP contribution in [0.5, 0.6) is 0 Å². The Labute approximate surface area is 153 Å². The average Bonchev–Trinajstić information content (AvgIpc) is 3.31. The Kier molecular flexibility index (Phi) is 4.15. The van der Waals surface area contributed by atoms with Gasteiger partial charge in [-0.2, -0.15) is 0 Å². The van der Waals surface area contributed by atoms with Crippen molar-refractivity contribution < 1.29 is 4.79 Å². The van der Waals surface area contributed by atoms with E-state index in [1.807, 2.05) is 45.6 Å². The van der Waals surface area contributed by atoms with Crippen molar-refractivity contribution >= 4 is 39.2 Å². The molecule has 0 aliphatic carbocycles. The molecule has 0 aliphatic heterocycles. The van der Waals surface area contributed by atoms with Gasteiger partial charge in [0.2, 0.25) is 0 Å². The molecule has 126 valence electrons. The van der Waals surface area contributed by atoms with Gasteiger partial charge in [-0.25, -0.2) is 4.98 Å². The third-order valence-corrected chi connectivity index (χ3v) is 5.78. The number of imidazole rings is 1. The number of carbonyl (C=O) groups is 1. The standard InChI is InChI=1S/C19H17N3OS2/c1-12(2)13-5-7-14(8-6-13)20-18(23)16-11-25-19-21-15(10-22(16)19)17-4-3-9-24-17/h3-12H,1-2H3,(H,20,23). The van der Waals surface area contributed by atoms with Crippen molar-refractivity contribution in [2.75, 3.05) is 5.32 Å². The molecule has 0 saturated carbocycles. The fraction of sp³-hybridized carbons (Fsp3) is 0.158. The highest BCUT2D eigenvalue weighted by Gasteiger charge is 2.15. The zero-order chi connectivity index (χ0) is 17.4. The van der Waals surface area contributed by atoms with Crippen molar-refractivity contribution in [2.24, 2.45) is 0 Å². The smallest absolute Gasteiger partial charge is 0.273 e. The lowest BCUT2D eigenvalue weighted by Gasteiger charge is -2.08. The second-order valence-electron chi connectivity index (χ2n) is 6.11. The van der Waals surface area contributed by atoms with Crippen LogP contribution in [0.4, 0.5) is 5.69 Å². The largest absolute Gasteiger partial charge is 0.321 e. The number of carbonyl (C=O) groups excluding carboxylic acids is 1. The van der Waals surface area contributed by atoms with Gasteiger partial charge in [0.15, 0.2) is 4.96 Å². The molecule has 0 spiro atoms. The summed E-state index contributed by atoms with van der Waals surface area (Å²) >= 11 is 3.12. The second kappa shape index (κ2) is 6.46. The Hall–Kier alpha value is -2.44. The Bertz CT molecular complexity index is 1010. The summed E-state index contributed by atoms with van der Waals surface area (Å²) in [7, 11) is 0. The van der Waals surface area contributed by atoms with E-state index in [0.29, 0.717) is 11.6 Å². The summed E-state index contributed by atoms with van der Waals surface area (Å²) in [4.78, 5) is 19.2. The number of amides is 1. The summed E-state index contributed by atoms with van der Waals surface area (Å²) in [6, 6.07) is 12.0. The minimum atomic E-state index is -0.126. The van der Waals surface area contributed by atoms with Gasteiger partial charge in [-0.05, 0) is 35.1 Å². The molecule has 0 atom stereocenters. The molecule has 6 heteroatoms. The van der Waals surface area contributed by atoms with Crippen LogP contribution in [0.25, 0.3) is 15.5 Å². The van der Waals surface area contributed by atoms with Gasteiger partial charge in [-0.1, -0.05) is 32.0 Å². The van der Waals surface area contributed by atoms with Gasteiger partial charge in [0, 0.05) is 17.3 Å². The second-order valence-corrected chi connectivity index (χ2v) is 7.89. The van der Waals surface area contributed by atoms with Gasteiger partial charge in [-0.15, -0.1) is 22.7 Å². The van der Waals surface area contributed by atoms with Crippen molar-refractivity contribution in [2.45, 2.75) is 19.8 Å². The number of thiazole rings is 1. The molecule has 3 heterocycles. The molecule has 0 aliphatic rings. The van der Waals surface area contributed by atoms with E-state index in [9.17, 15) is 4.79 Å². The minimum absolute atomic E-state index is 0.126. The first-order chi connectivity index (χ1) is 12.1. The normalized spacial score (nSPS) is 11.3. The molecule has 4 aromatic rings. The molecule has 0 bridgehead atoms. The van der Waals surface area contributed by atoms with Crippen LogP contribution >= 0.6 is 22.7 Å². The number of nitrogens with one attached hydrogen (secondary N) is 1. The Morgan fingerprint density at radius 2 is 1.96 bits per heavy atom. The van der Waals surface area contributed by atoms with Crippen LogP contribution in [0.15, 0.2) is 53.4 Å². The molecule has 0 unspecified atom stereocenters. The number of fused-ring (bicyclic) bond motifs is 1. The summed E-state index contributed by atoms with van der Waals surface area (Å²) in [6.07, 6.45) is 1.93. The molecule has 25 heavy (non-hydrogen) atoms. The van der Waals surface area contributed by atoms with Crippen molar-refractivity contribution in [3.63, 3.8) is 0 Å². The van der Waals surface area contributed by atoms with Crippen molar-refractivity contribution in [3.8, 4) is 10.6 Å². The van der Waals surface area contributed by atoms with Crippen LogP contribution in [-0.4, -0.2) is 15.3 Å². The minimum Gasteiger partial charge on any atom is -0.321 e. The van der Waals surface area contributed by atoms with Gasteiger partial charge < -0.3 is 5.32 Å². The van der Waals surface area contributed by atoms with E-state index in [1.165, 1.54) is 16.9 Å². The zero-order valence-corrected chi connectivity index (χ0v) is 15.5. The van der Waals surface area contributed by atoms with E-state index in [4.69, 9.17) is 0 Å². The quantitative estimate of drug-likeness (QED) is 0.518. The number of anilines is 1. The highest BCUT2D eigenvalue weighted by atomic mass is 32.1. The molecule has 0 radical (unpaired) electrons. The fourth-order valence-electron chi connectivity index (χ4n) is 2.64. The predicted molar refractivity (Wildman–Crippen MR) is 105 cm³/mol. The zero-order valence-electron chi connectivity index (χ0n) is 13.9. The van der Waals surface area contributed by atoms with E-state index in [-0.39, 0.29) is 5.91 Å². The first-order valence-electron chi connectivity index (χ1n) is 8.03. The molecule has 4 nitrogen and oxygen atoms in total. The van der Waals surface area contributed by atoms with Gasteiger partial charge >= 0.3 is 0 Å². The van der Waals surface area contributed by atoms with Crippen LogP contribution in [0.1, 0.15) is 35.8 Å². The molecule has 1 N–H and O–H groups in total. The maximum atomic E-state index is 12.7. The maximum absolute atomic E-state index is 12.7. The number of hydrogen-bond donors (Lipinski definition) is 1. The molecular formula is C19H17N3OS2. The molecule has 0 fully saturated rings. The van der Waals surface area contributed by atoms with Crippen molar-refractivity contribution in [1.82, 2.24) is 9.38 Å². The van der Waals surface area contributed by atoms with Crippen LogP contribution in [0.2, 0.25) is 0 Å². The third kappa shape index (κ3) is 3.10. The summed E-state index contributed by atoms with van der Waals surface area (Å²) in [6.45, 7) is 4.31. The fourth-order valence-corrected chi connectivity index (χ4v) is 4.17. The molecule has 1 amide bonds. The topological polar surface area (TPSA) is 46.4 Å². The van der Waals surface area contributed by atoms with E-state index in [0.717, 1.165) is 21.2 Å². The first-order valence-corrected chi connectivity index (χ1v) is 9.79. The van der Waals surface area contributed by atoms with E-state index in [1.54, 1.807) is 11.3 Å². The SMILES string of the molecule is CC(C)c1ccc(NC(=O)c2csc3nc(-c4cccs4)cn23)cc1. The summed E-state index contributed by atoms with van der Waals surface area (Å²) in [5, 5.41) is 6.84. The first kappa shape index (κ1) is 16.1. The monoisotopic (exact) mass is 367 g/mol. The molecule has 0 saturated heterocycles. The van der Waals surface area contributed by atoms with Crippen molar-refractivity contribution in [1.29, 1.82) is 0 Å². The summed E-state index contributed by atoms with van der Waals surface area (Å²) < 4.78 is 1.86. The lowest BCUT2D eigenvalue weighted by atomic mass is 10.0. The number of aromatic nitrogens is 2. The van der Waals surface area contributed by atoms with Gasteiger partial charge in [0.1, 0.15) is 11.4 Å². The lowest BCUT2D eigenvalue weighted by molar-refractivity contribution is 0.102. The van der Waals surface area contributed by atoms with Crippen LogP contribution in [-0.2, 0) is 0 Å². The predicted octanol–water partition coefficient (Wildman–Crippen LogP) is 5.50. The van der Waals surface area contributed by atoms with E-state index in [2.05, 4.69) is 36.3 Å². The van der Waals surface area contributed by atoms with Gasteiger partial charge in [0.25, 0.3) is 5.91 Å². The molecule has 3 aromatic heterocycles. The number of thiophene rings is 1. The Morgan fingerprint density at radius 3 is 2.64 bits per heavy atom. The average molecular weight is 367 g/mol. The van der Waals surface area contributed by atoms with Crippen LogP contribution < -0.4 is 5.32 Å². The maximum Gasteiger partial charge on any atom is 0.273 e. The molecule has 1 aromatic carbocycles. The van der Waals surface area contributed by atoms with Crippen LogP contribution in [0.3, 0.4) is 0 Å². The van der Waals surface area contributed by atoms with Crippen LogP contribution in [0, 0.1) is 0 Å². The van der Waals surface area contributed by atoms with Gasteiger partial charge in [0.05, 0.1) is 4.88 Å². The lowest BCUT2D eigenvalue weighted by Crippen LogP contribution is -2.13. The van der Waals surface area contributed by atoms with E-state index < -0.39 is 0 Å². The van der Waals surface area contributed by atoms with Crippen molar-refractivity contribution in [3.05, 3.63) is 64.6 Å². The van der Waals surface area contributed by atoms with E-state index >= 15 is 0 Å². The molecular weight excluding hydrogens is 350 g/mol. The summed E-state index contributed by atoms with van der Waals surface area (Å²) in [5.41, 5.74) is 3.55. The Morgan fingerprint density at radius 1 is 1.16 bits per heavy atom. The number of benzene rings is 1. The highest BCUT2D eigenvalue weighted by Crippen LogP contribution is 2.27. The summed E-state index contributed by atoms with van der Waals surface area (Å²) in [5.74, 6) is 0.349. The highest BCUT2D eigenvalue weighted by molar-refractivity contribution is 7.15. The Balaban J connectivity index is 1.59. The molecule has 4 rings (SSSR count).